The summed E-state index contributed by atoms with van der Waals surface area (Å²) in [5.74, 6) is 0.142. The number of nitrogens with zero attached hydrogens (tertiary/aromatic N) is 1. The fourth-order valence-corrected chi connectivity index (χ4v) is 1.75. The second-order valence-corrected chi connectivity index (χ2v) is 5.11. The van der Waals surface area contributed by atoms with Crippen LogP contribution in [0.1, 0.15) is 41.5 Å². The van der Waals surface area contributed by atoms with Crippen LogP contribution in [-0.4, -0.2) is 16.1 Å². The summed E-state index contributed by atoms with van der Waals surface area (Å²) in [5, 5.41) is 10.4. The van der Waals surface area contributed by atoms with Gasteiger partial charge in [-0.3, -0.25) is 9.89 Å². The molecule has 0 unspecified atom stereocenters. The summed E-state index contributed by atoms with van der Waals surface area (Å²) in [6, 6.07) is 9.14. The van der Waals surface area contributed by atoms with Crippen molar-refractivity contribution < 1.29 is 4.79 Å². The van der Waals surface area contributed by atoms with Crippen molar-refractivity contribution in [3.05, 3.63) is 52.3 Å². The minimum Gasteiger partial charge on any atom is -0.347 e. The van der Waals surface area contributed by atoms with Gasteiger partial charge in [-0.25, -0.2) is 0 Å². The van der Waals surface area contributed by atoms with Crippen molar-refractivity contribution >= 4 is 17.5 Å². The predicted octanol–water partition coefficient (Wildman–Crippen LogP) is 3.12. The lowest BCUT2D eigenvalue weighted by Gasteiger charge is -2.03. The zero-order valence-electron chi connectivity index (χ0n) is 10.9. The Balaban J connectivity index is 1.95. The first kappa shape index (κ1) is 13.6. The third-order valence-corrected chi connectivity index (χ3v) is 3.07. The fraction of sp³-hybridized carbons (Fsp3) is 0.286. The molecule has 0 aliphatic rings. The number of hydrogen-bond donors (Lipinski definition) is 2. The van der Waals surface area contributed by atoms with E-state index in [1.54, 1.807) is 18.2 Å². The van der Waals surface area contributed by atoms with Crippen molar-refractivity contribution in [2.24, 2.45) is 0 Å². The molecule has 0 fully saturated rings. The van der Waals surface area contributed by atoms with Gasteiger partial charge in [0, 0.05) is 17.3 Å². The van der Waals surface area contributed by atoms with Crippen LogP contribution in [0.25, 0.3) is 0 Å². The Labute approximate surface area is 117 Å². The van der Waals surface area contributed by atoms with Gasteiger partial charge in [0.25, 0.3) is 5.91 Å². The Morgan fingerprint density at radius 3 is 2.63 bits per heavy atom. The summed E-state index contributed by atoms with van der Waals surface area (Å²) >= 11 is 5.80. The summed E-state index contributed by atoms with van der Waals surface area (Å²) in [6.07, 6.45) is 0. The smallest absolute Gasteiger partial charge is 0.272 e. The number of aromatic nitrogens is 2. The van der Waals surface area contributed by atoms with Gasteiger partial charge in [-0.05, 0) is 29.7 Å². The lowest BCUT2D eigenvalue weighted by Crippen LogP contribution is -2.23. The Hall–Kier alpha value is -1.81. The number of carbonyl (C=O) groups excluding carboxylic acids is 1. The van der Waals surface area contributed by atoms with E-state index in [9.17, 15) is 4.79 Å². The maximum absolute atomic E-state index is 11.9. The molecule has 5 heteroatoms. The van der Waals surface area contributed by atoms with Gasteiger partial charge in [0.05, 0.1) is 0 Å². The molecule has 0 spiro atoms. The number of carbonyl (C=O) groups is 1. The minimum absolute atomic E-state index is 0.182. The molecule has 4 nitrogen and oxygen atoms in total. The third-order valence-electron chi connectivity index (χ3n) is 2.82. The molecule has 1 amide bonds. The van der Waals surface area contributed by atoms with Crippen molar-refractivity contribution in [1.29, 1.82) is 0 Å². The first-order valence-corrected chi connectivity index (χ1v) is 6.52. The summed E-state index contributed by atoms with van der Waals surface area (Å²) < 4.78 is 0. The average molecular weight is 278 g/mol. The number of benzene rings is 1. The fourth-order valence-electron chi connectivity index (χ4n) is 1.62. The van der Waals surface area contributed by atoms with Crippen LogP contribution in [0.2, 0.25) is 5.02 Å². The number of aromatic amines is 1. The molecule has 0 saturated carbocycles. The molecular formula is C14H16ClN3O. The molecule has 0 radical (unpaired) electrons. The molecule has 0 aliphatic carbocycles. The van der Waals surface area contributed by atoms with Gasteiger partial charge in [-0.2, -0.15) is 5.10 Å². The van der Waals surface area contributed by atoms with Gasteiger partial charge in [0.2, 0.25) is 0 Å². The number of halogens is 1. The standard InChI is InChI=1S/C14H16ClN3O/c1-9(2)12-7-13(18-17-12)14(19)16-8-10-3-5-11(15)6-4-10/h3-7,9H,8H2,1-2H3,(H,16,19)(H,17,18). The van der Waals surface area contributed by atoms with E-state index < -0.39 is 0 Å². The normalized spacial score (nSPS) is 10.7. The molecule has 2 aromatic rings. The summed E-state index contributed by atoms with van der Waals surface area (Å²) in [7, 11) is 0. The lowest BCUT2D eigenvalue weighted by atomic mass is 10.1. The van der Waals surface area contributed by atoms with Gasteiger partial charge in [-0.15, -0.1) is 0 Å². The van der Waals surface area contributed by atoms with E-state index in [2.05, 4.69) is 15.5 Å². The van der Waals surface area contributed by atoms with E-state index in [0.29, 0.717) is 23.2 Å². The lowest BCUT2D eigenvalue weighted by molar-refractivity contribution is 0.0946. The largest absolute Gasteiger partial charge is 0.347 e. The zero-order valence-corrected chi connectivity index (χ0v) is 11.7. The van der Waals surface area contributed by atoms with E-state index >= 15 is 0 Å². The maximum atomic E-state index is 11.9. The van der Waals surface area contributed by atoms with Crippen LogP contribution in [0.4, 0.5) is 0 Å². The van der Waals surface area contributed by atoms with Crippen molar-refractivity contribution in [3.63, 3.8) is 0 Å². The molecule has 0 saturated heterocycles. The van der Waals surface area contributed by atoms with Gasteiger partial charge in [-0.1, -0.05) is 37.6 Å². The van der Waals surface area contributed by atoms with Gasteiger partial charge in [0.1, 0.15) is 5.69 Å². The van der Waals surface area contributed by atoms with E-state index in [1.165, 1.54) is 0 Å². The zero-order chi connectivity index (χ0) is 13.8. The molecule has 0 atom stereocenters. The Morgan fingerprint density at radius 1 is 1.37 bits per heavy atom. The Bertz CT molecular complexity index is 560. The Morgan fingerprint density at radius 2 is 2.05 bits per heavy atom. The summed E-state index contributed by atoms with van der Waals surface area (Å²) in [5.41, 5.74) is 2.37. The second-order valence-electron chi connectivity index (χ2n) is 4.67. The van der Waals surface area contributed by atoms with E-state index in [1.807, 2.05) is 26.0 Å². The van der Waals surface area contributed by atoms with Crippen LogP contribution in [-0.2, 0) is 6.54 Å². The first-order valence-electron chi connectivity index (χ1n) is 6.14. The number of hydrogen-bond acceptors (Lipinski definition) is 2. The molecule has 100 valence electrons. The predicted molar refractivity (Wildman–Crippen MR) is 75.3 cm³/mol. The van der Waals surface area contributed by atoms with E-state index in [-0.39, 0.29) is 5.91 Å². The molecule has 1 heterocycles. The van der Waals surface area contributed by atoms with Gasteiger partial charge in [0.15, 0.2) is 0 Å². The van der Waals surface area contributed by atoms with Gasteiger partial charge >= 0.3 is 0 Å². The number of H-pyrrole nitrogens is 1. The topological polar surface area (TPSA) is 57.8 Å². The molecular weight excluding hydrogens is 262 g/mol. The van der Waals surface area contributed by atoms with Gasteiger partial charge < -0.3 is 5.32 Å². The second kappa shape index (κ2) is 5.89. The molecule has 1 aromatic carbocycles. The third kappa shape index (κ3) is 3.58. The molecule has 0 bridgehead atoms. The molecule has 2 rings (SSSR count). The van der Waals surface area contributed by atoms with Crippen molar-refractivity contribution in [3.8, 4) is 0 Å². The average Bonchev–Trinajstić information content (AvgIpc) is 2.87. The van der Waals surface area contributed by atoms with Crippen LogP contribution in [0.3, 0.4) is 0 Å². The highest BCUT2D eigenvalue weighted by atomic mass is 35.5. The van der Waals surface area contributed by atoms with Crippen LogP contribution in [0, 0.1) is 0 Å². The van der Waals surface area contributed by atoms with Crippen LogP contribution < -0.4 is 5.32 Å². The highest BCUT2D eigenvalue weighted by Gasteiger charge is 2.11. The monoisotopic (exact) mass is 277 g/mol. The van der Waals surface area contributed by atoms with Crippen LogP contribution >= 0.6 is 11.6 Å². The molecule has 1 aromatic heterocycles. The van der Waals surface area contributed by atoms with E-state index in [4.69, 9.17) is 11.6 Å². The maximum Gasteiger partial charge on any atom is 0.272 e. The van der Waals surface area contributed by atoms with E-state index in [0.717, 1.165) is 11.3 Å². The van der Waals surface area contributed by atoms with Crippen molar-refractivity contribution in [2.45, 2.75) is 26.3 Å². The SMILES string of the molecule is CC(C)c1cc(C(=O)NCc2ccc(Cl)cc2)n[nH]1. The molecule has 19 heavy (non-hydrogen) atoms. The quantitative estimate of drug-likeness (QED) is 0.902. The highest BCUT2D eigenvalue weighted by Crippen LogP contribution is 2.12. The van der Waals surface area contributed by atoms with Crippen molar-refractivity contribution in [1.82, 2.24) is 15.5 Å². The number of nitrogens with one attached hydrogen (secondary N) is 2. The highest BCUT2D eigenvalue weighted by molar-refractivity contribution is 6.30. The molecule has 0 aliphatic heterocycles. The minimum atomic E-state index is -0.182. The first-order chi connectivity index (χ1) is 9.06. The number of amides is 1. The summed E-state index contributed by atoms with van der Waals surface area (Å²) in [4.78, 5) is 11.9. The van der Waals surface area contributed by atoms with Crippen molar-refractivity contribution in [2.75, 3.05) is 0 Å². The number of rotatable bonds is 4. The molecule has 2 N–H and O–H groups in total. The van der Waals surface area contributed by atoms with Crippen LogP contribution in [0.15, 0.2) is 30.3 Å². The summed E-state index contributed by atoms with van der Waals surface area (Å²) in [6.45, 7) is 4.55. The van der Waals surface area contributed by atoms with Crippen LogP contribution in [0.5, 0.6) is 0 Å². The Kier molecular flexibility index (Phi) is 4.22.